The summed E-state index contributed by atoms with van der Waals surface area (Å²) < 4.78 is 0. The fourth-order valence-electron chi connectivity index (χ4n) is 3.72. The summed E-state index contributed by atoms with van der Waals surface area (Å²) in [5.74, 6) is -0.424. The summed E-state index contributed by atoms with van der Waals surface area (Å²) in [5.41, 5.74) is 10.8. The van der Waals surface area contributed by atoms with Gasteiger partial charge >= 0.3 is 0 Å². The lowest BCUT2D eigenvalue weighted by Gasteiger charge is -2.10. The van der Waals surface area contributed by atoms with E-state index < -0.39 is 5.91 Å². The molecule has 0 aliphatic heterocycles. The van der Waals surface area contributed by atoms with E-state index >= 15 is 0 Å². The summed E-state index contributed by atoms with van der Waals surface area (Å²) in [7, 11) is 0. The van der Waals surface area contributed by atoms with Crippen molar-refractivity contribution >= 4 is 73.6 Å². The molecule has 5 rings (SSSR count). The topological polar surface area (TPSA) is 68.0 Å². The van der Waals surface area contributed by atoms with E-state index in [1.807, 2.05) is 66.7 Å². The van der Waals surface area contributed by atoms with E-state index in [1.54, 1.807) is 0 Å². The van der Waals surface area contributed by atoms with Gasteiger partial charge in [-0.3, -0.25) is 4.79 Å². The van der Waals surface area contributed by atoms with Gasteiger partial charge in [0.15, 0.2) is 0 Å². The molecular formula is C26H16Cl3N3OS. The van der Waals surface area contributed by atoms with Crippen LogP contribution >= 0.6 is 46.1 Å². The van der Waals surface area contributed by atoms with Crippen molar-refractivity contribution < 1.29 is 4.79 Å². The summed E-state index contributed by atoms with van der Waals surface area (Å²) in [6.45, 7) is 0. The average Bonchev–Trinajstić information content (AvgIpc) is 3.18. The Morgan fingerprint density at radius 3 is 2.06 bits per heavy atom. The summed E-state index contributed by atoms with van der Waals surface area (Å²) in [5, 5.41) is 4.35. The number of nitrogens with zero attached hydrogens (tertiary/aromatic N) is 1. The molecule has 2 aromatic heterocycles. The number of hydrogen-bond acceptors (Lipinski definition) is 4. The highest BCUT2D eigenvalue weighted by Crippen LogP contribution is 2.42. The molecule has 0 bridgehead atoms. The van der Waals surface area contributed by atoms with Gasteiger partial charge in [0.2, 0.25) is 0 Å². The SMILES string of the molecule is Nc1c(C(=O)Nc2c(Cl)cc(Cl)cc2Cl)sc2nc(-c3ccccc3)cc(-c3ccccc3)c12. The minimum atomic E-state index is -0.424. The number of carbonyl (C=O) groups excluding carboxylic acids is 1. The number of benzene rings is 3. The van der Waals surface area contributed by atoms with E-state index in [1.165, 1.54) is 23.5 Å². The van der Waals surface area contributed by atoms with Crippen LogP contribution in [-0.4, -0.2) is 10.9 Å². The second-order valence-electron chi connectivity index (χ2n) is 7.51. The largest absolute Gasteiger partial charge is 0.397 e. The molecule has 0 aliphatic rings. The van der Waals surface area contributed by atoms with Gasteiger partial charge in [-0.15, -0.1) is 11.3 Å². The molecule has 3 N–H and O–H groups in total. The van der Waals surface area contributed by atoms with Gasteiger partial charge in [0, 0.05) is 16.0 Å². The van der Waals surface area contributed by atoms with Crippen molar-refractivity contribution in [1.82, 2.24) is 4.98 Å². The molecule has 8 heteroatoms. The van der Waals surface area contributed by atoms with Crippen molar-refractivity contribution in [3.05, 3.63) is 98.8 Å². The minimum absolute atomic E-state index is 0.236. The van der Waals surface area contributed by atoms with E-state index in [0.29, 0.717) is 20.4 Å². The molecule has 0 saturated carbocycles. The zero-order chi connectivity index (χ0) is 23.8. The van der Waals surface area contributed by atoms with Crippen LogP contribution in [0.1, 0.15) is 9.67 Å². The summed E-state index contributed by atoms with van der Waals surface area (Å²) in [6, 6.07) is 24.8. The Balaban J connectivity index is 1.67. The number of amides is 1. The molecule has 0 radical (unpaired) electrons. The molecular weight excluding hydrogens is 509 g/mol. The van der Waals surface area contributed by atoms with E-state index in [0.717, 1.165) is 27.8 Å². The number of thiophene rings is 1. The maximum atomic E-state index is 13.2. The fraction of sp³-hybridized carbons (Fsp3) is 0. The van der Waals surface area contributed by atoms with Crippen molar-refractivity contribution in [3.63, 3.8) is 0 Å². The maximum absolute atomic E-state index is 13.2. The zero-order valence-corrected chi connectivity index (χ0v) is 20.6. The van der Waals surface area contributed by atoms with Gasteiger partial charge in [0.1, 0.15) is 9.71 Å². The molecule has 0 spiro atoms. The zero-order valence-electron chi connectivity index (χ0n) is 17.5. The lowest BCUT2D eigenvalue weighted by molar-refractivity contribution is 0.103. The second-order valence-corrected chi connectivity index (χ2v) is 9.76. The predicted octanol–water partition coefficient (Wildman–Crippen LogP) is 8.43. The van der Waals surface area contributed by atoms with E-state index in [4.69, 9.17) is 45.5 Å². The third-order valence-electron chi connectivity index (χ3n) is 5.30. The van der Waals surface area contributed by atoms with Crippen LogP contribution in [0.5, 0.6) is 0 Å². The van der Waals surface area contributed by atoms with Crippen LogP contribution in [0, 0.1) is 0 Å². The van der Waals surface area contributed by atoms with Gasteiger partial charge in [-0.2, -0.15) is 0 Å². The van der Waals surface area contributed by atoms with Gasteiger partial charge in [0.25, 0.3) is 5.91 Å². The number of nitrogens with two attached hydrogens (primary N) is 1. The number of halogens is 3. The first-order chi connectivity index (χ1) is 16.4. The fourth-order valence-corrected chi connectivity index (χ4v) is 5.65. The van der Waals surface area contributed by atoms with Crippen LogP contribution in [0.25, 0.3) is 32.6 Å². The number of aromatic nitrogens is 1. The van der Waals surface area contributed by atoms with E-state index in [-0.39, 0.29) is 15.7 Å². The Hall–Kier alpha value is -3.09. The summed E-state index contributed by atoms with van der Waals surface area (Å²) in [4.78, 5) is 19.1. The van der Waals surface area contributed by atoms with Crippen LogP contribution < -0.4 is 11.1 Å². The molecule has 0 unspecified atom stereocenters. The second kappa shape index (κ2) is 9.28. The lowest BCUT2D eigenvalue weighted by Crippen LogP contribution is -2.12. The Bertz CT molecular complexity index is 1510. The van der Waals surface area contributed by atoms with Gasteiger partial charge < -0.3 is 11.1 Å². The monoisotopic (exact) mass is 523 g/mol. The molecule has 0 atom stereocenters. The average molecular weight is 525 g/mol. The molecule has 5 aromatic rings. The standard InChI is InChI=1S/C26H16Cl3N3OS/c27-16-11-18(28)23(19(29)12-16)32-25(33)24-22(30)21-17(14-7-3-1-4-8-14)13-20(31-26(21)34-24)15-9-5-2-6-10-15/h1-13H,30H2,(H,32,33). The number of fused-ring (bicyclic) bond motifs is 1. The highest BCUT2D eigenvalue weighted by molar-refractivity contribution is 7.21. The molecule has 0 saturated heterocycles. The van der Waals surface area contributed by atoms with Gasteiger partial charge in [-0.1, -0.05) is 95.5 Å². The highest BCUT2D eigenvalue weighted by atomic mass is 35.5. The van der Waals surface area contributed by atoms with Crippen LogP contribution in [0.2, 0.25) is 15.1 Å². The van der Waals surface area contributed by atoms with Crippen molar-refractivity contribution in [3.8, 4) is 22.4 Å². The van der Waals surface area contributed by atoms with Crippen molar-refractivity contribution in [2.24, 2.45) is 0 Å². The lowest BCUT2D eigenvalue weighted by atomic mass is 9.99. The van der Waals surface area contributed by atoms with Crippen LogP contribution in [0.4, 0.5) is 11.4 Å². The first-order valence-electron chi connectivity index (χ1n) is 10.2. The molecule has 1 amide bonds. The quantitative estimate of drug-likeness (QED) is 0.248. The molecule has 168 valence electrons. The number of carbonyl (C=O) groups is 1. The molecule has 0 aliphatic carbocycles. The summed E-state index contributed by atoms with van der Waals surface area (Å²) in [6.07, 6.45) is 0. The number of nitrogens with one attached hydrogen (secondary N) is 1. The molecule has 34 heavy (non-hydrogen) atoms. The number of pyridine rings is 1. The number of hydrogen-bond donors (Lipinski definition) is 2. The first kappa shape index (κ1) is 22.7. The molecule has 4 nitrogen and oxygen atoms in total. The van der Waals surface area contributed by atoms with Gasteiger partial charge in [-0.25, -0.2) is 4.98 Å². The number of anilines is 2. The summed E-state index contributed by atoms with van der Waals surface area (Å²) >= 11 is 19.7. The highest BCUT2D eigenvalue weighted by Gasteiger charge is 2.23. The number of nitrogen functional groups attached to an aromatic ring is 1. The minimum Gasteiger partial charge on any atom is -0.397 e. The Morgan fingerprint density at radius 1 is 0.853 bits per heavy atom. The smallest absolute Gasteiger partial charge is 0.268 e. The van der Waals surface area contributed by atoms with Gasteiger partial charge in [-0.05, 0) is 29.3 Å². The van der Waals surface area contributed by atoms with Gasteiger partial charge in [0.05, 0.1) is 27.1 Å². The maximum Gasteiger partial charge on any atom is 0.268 e. The molecule has 0 fully saturated rings. The van der Waals surface area contributed by atoms with E-state index in [2.05, 4.69) is 5.32 Å². The third kappa shape index (κ3) is 4.24. The van der Waals surface area contributed by atoms with E-state index in [9.17, 15) is 4.79 Å². The Kier molecular flexibility index (Phi) is 6.19. The van der Waals surface area contributed by atoms with Crippen LogP contribution in [0.15, 0.2) is 78.9 Å². The third-order valence-corrected chi connectivity index (χ3v) is 7.22. The predicted molar refractivity (Wildman–Crippen MR) is 144 cm³/mol. The Morgan fingerprint density at radius 2 is 1.44 bits per heavy atom. The van der Waals surface area contributed by atoms with Crippen molar-refractivity contribution in [2.75, 3.05) is 11.1 Å². The van der Waals surface area contributed by atoms with Crippen molar-refractivity contribution in [1.29, 1.82) is 0 Å². The van der Waals surface area contributed by atoms with Crippen molar-refractivity contribution in [2.45, 2.75) is 0 Å². The molecule has 2 heterocycles. The molecule has 3 aromatic carbocycles. The normalized spacial score (nSPS) is 11.0. The van der Waals surface area contributed by atoms with Crippen LogP contribution in [0.3, 0.4) is 0 Å². The van der Waals surface area contributed by atoms with Crippen LogP contribution in [-0.2, 0) is 0 Å². The first-order valence-corrected chi connectivity index (χ1v) is 12.2. The Labute approximate surface area is 214 Å². The number of rotatable bonds is 4.